The van der Waals surface area contributed by atoms with Crippen molar-refractivity contribution in [3.05, 3.63) is 53.0 Å². The smallest absolute Gasteiger partial charge is 0.232 e. The van der Waals surface area contributed by atoms with E-state index in [4.69, 9.17) is 4.98 Å². The first-order chi connectivity index (χ1) is 13.4. The summed E-state index contributed by atoms with van der Waals surface area (Å²) in [5, 5.41) is 0. The lowest BCUT2D eigenvalue weighted by Crippen LogP contribution is -2.49. The van der Waals surface area contributed by atoms with E-state index in [1.807, 2.05) is 17.9 Å². The lowest BCUT2D eigenvalue weighted by atomic mass is 10.2. The minimum atomic E-state index is 0.235. The van der Waals surface area contributed by atoms with Gasteiger partial charge < -0.3 is 9.80 Å². The summed E-state index contributed by atoms with van der Waals surface area (Å²) in [7, 11) is 0. The molecule has 0 saturated carbocycles. The van der Waals surface area contributed by atoms with Gasteiger partial charge in [-0.2, -0.15) is 0 Å². The second kappa shape index (κ2) is 9.41. The highest BCUT2D eigenvalue weighted by Gasteiger charge is 2.22. The average Bonchev–Trinajstić information content (AvgIpc) is 2.69. The van der Waals surface area contributed by atoms with Crippen molar-refractivity contribution in [3.8, 4) is 0 Å². The normalized spacial score (nSPS) is 14.6. The number of anilines is 1. The van der Waals surface area contributed by atoms with Crippen LogP contribution in [0.5, 0.6) is 0 Å². The van der Waals surface area contributed by atoms with E-state index in [9.17, 15) is 4.79 Å². The van der Waals surface area contributed by atoms with E-state index < -0.39 is 0 Å². The van der Waals surface area contributed by atoms with Crippen molar-refractivity contribution in [1.82, 2.24) is 14.9 Å². The quantitative estimate of drug-likeness (QED) is 0.741. The number of aromatic nitrogens is 2. The monoisotopic (exact) mass is 398 g/mol. The summed E-state index contributed by atoms with van der Waals surface area (Å²) in [6.07, 6.45) is 0. The molecule has 0 spiro atoms. The van der Waals surface area contributed by atoms with Crippen LogP contribution in [0, 0.1) is 13.8 Å². The van der Waals surface area contributed by atoms with Crippen LogP contribution < -0.4 is 4.90 Å². The summed E-state index contributed by atoms with van der Waals surface area (Å²) in [6.45, 7) is 11.5. The van der Waals surface area contributed by atoms with Gasteiger partial charge in [0.25, 0.3) is 0 Å². The lowest BCUT2D eigenvalue weighted by molar-refractivity contribution is -0.128. The van der Waals surface area contributed by atoms with Crippen molar-refractivity contribution in [3.63, 3.8) is 0 Å². The van der Waals surface area contributed by atoms with Gasteiger partial charge in [0.05, 0.1) is 5.75 Å². The summed E-state index contributed by atoms with van der Waals surface area (Å²) < 4.78 is 0. The predicted molar refractivity (Wildman–Crippen MR) is 117 cm³/mol. The van der Waals surface area contributed by atoms with Crippen molar-refractivity contribution in [2.75, 3.05) is 36.8 Å². The van der Waals surface area contributed by atoms with Crippen molar-refractivity contribution in [1.29, 1.82) is 0 Å². The number of benzene rings is 1. The van der Waals surface area contributed by atoms with E-state index in [0.717, 1.165) is 49.3 Å². The van der Waals surface area contributed by atoms with Gasteiger partial charge in [-0.3, -0.25) is 4.79 Å². The molecule has 1 aromatic heterocycles. The van der Waals surface area contributed by atoms with Gasteiger partial charge >= 0.3 is 0 Å². The van der Waals surface area contributed by atoms with Gasteiger partial charge in [-0.25, -0.2) is 9.97 Å². The summed E-state index contributed by atoms with van der Waals surface area (Å²) in [5.74, 6) is 3.84. The van der Waals surface area contributed by atoms with Gasteiger partial charge in [0.1, 0.15) is 11.6 Å². The van der Waals surface area contributed by atoms with Gasteiger partial charge in [-0.15, -0.1) is 11.8 Å². The first-order valence-corrected chi connectivity index (χ1v) is 11.1. The Morgan fingerprint density at radius 3 is 2.39 bits per heavy atom. The lowest BCUT2D eigenvalue weighted by Gasteiger charge is -2.35. The Kier molecular flexibility index (Phi) is 6.94. The maximum Gasteiger partial charge on any atom is 0.232 e. The third-order valence-electron chi connectivity index (χ3n) is 4.95. The molecule has 6 heteroatoms. The Morgan fingerprint density at radius 2 is 1.75 bits per heavy atom. The maximum absolute atomic E-state index is 12.5. The van der Waals surface area contributed by atoms with Gasteiger partial charge in [-0.1, -0.05) is 43.7 Å². The van der Waals surface area contributed by atoms with Crippen LogP contribution in [0.25, 0.3) is 0 Å². The number of carbonyl (C=O) groups excluding carboxylic acids is 1. The number of amides is 1. The molecule has 0 bridgehead atoms. The molecule has 0 radical (unpaired) electrons. The van der Waals surface area contributed by atoms with Gasteiger partial charge in [0.2, 0.25) is 5.91 Å². The minimum absolute atomic E-state index is 0.235. The Hall–Kier alpha value is -2.08. The largest absolute Gasteiger partial charge is 0.353 e. The molecule has 2 heterocycles. The Bertz CT molecular complexity index is 799. The Balaban J connectivity index is 1.48. The van der Waals surface area contributed by atoms with E-state index in [-0.39, 0.29) is 5.91 Å². The number of piperazine rings is 1. The standard InChI is InChI=1S/C22H30N4OS/c1-16(2)22-23-18(4)13-20(24-22)25-9-11-26(12-10-25)21(27)15-28-14-19-7-5-17(3)6-8-19/h5-8,13,16H,9-12,14-15H2,1-4H3. The molecular formula is C22H30N4OS. The highest BCUT2D eigenvalue weighted by molar-refractivity contribution is 7.99. The molecule has 2 aromatic rings. The Morgan fingerprint density at radius 1 is 1.07 bits per heavy atom. The maximum atomic E-state index is 12.5. The minimum Gasteiger partial charge on any atom is -0.353 e. The molecule has 1 aliphatic heterocycles. The van der Waals surface area contributed by atoms with Crippen LogP contribution in [-0.2, 0) is 10.5 Å². The molecule has 150 valence electrons. The molecule has 1 amide bonds. The zero-order chi connectivity index (χ0) is 20.1. The summed E-state index contributed by atoms with van der Waals surface area (Å²) in [6, 6.07) is 10.6. The van der Waals surface area contributed by atoms with E-state index in [2.05, 4.69) is 54.9 Å². The molecular weight excluding hydrogens is 368 g/mol. The van der Waals surface area contributed by atoms with Crippen LogP contribution in [0.1, 0.15) is 42.4 Å². The second-order valence-corrected chi connectivity index (χ2v) is 8.71. The fraction of sp³-hybridized carbons (Fsp3) is 0.500. The summed E-state index contributed by atoms with van der Waals surface area (Å²) >= 11 is 1.69. The van der Waals surface area contributed by atoms with Crippen molar-refractivity contribution < 1.29 is 4.79 Å². The Labute approximate surface area is 172 Å². The van der Waals surface area contributed by atoms with Gasteiger partial charge in [-0.05, 0) is 19.4 Å². The van der Waals surface area contributed by atoms with Crippen LogP contribution in [0.2, 0.25) is 0 Å². The number of nitrogens with zero attached hydrogens (tertiary/aromatic N) is 4. The zero-order valence-electron chi connectivity index (χ0n) is 17.3. The fourth-order valence-electron chi connectivity index (χ4n) is 3.21. The summed E-state index contributed by atoms with van der Waals surface area (Å²) in [4.78, 5) is 26.0. The molecule has 0 aliphatic carbocycles. The van der Waals surface area contributed by atoms with Crippen molar-refractivity contribution >= 4 is 23.5 Å². The number of aryl methyl sites for hydroxylation is 2. The number of carbonyl (C=O) groups is 1. The average molecular weight is 399 g/mol. The SMILES string of the molecule is Cc1ccc(CSCC(=O)N2CCN(c3cc(C)nc(C(C)C)n3)CC2)cc1. The molecule has 28 heavy (non-hydrogen) atoms. The molecule has 1 saturated heterocycles. The van der Waals surface area contributed by atoms with Gasteiger partial charge in [0.15, 0.2) is 0 Å². The molecule has 0 atom stereocenters. The van der Waals surface area contributed by atoms with Crippen LogP contribution in [0.15, 0.2) is 30.3 Å². The third-order valence-corrected chi connectivity index (χ3v) is 5.93. The van der Waals surface area contributed by atoms with E-state index in [1.54, 1.807) is 11.8 Å². The van der Waals surface area contributed by atoms with Crippen LogP contribution in [0.3, 0.4) is 0 Å². The van der Waals surface area contributed by atoms with Crippen molar-refractivity contribution in [2.24, 2.45) is 0 Å². The van der Waals surface area contributed by atoms with Crippen LogP contribution in [0.4, 0.5) is 5.82 Å². The molecule has 0 unspecified atom stereocenters. The first kappa shape index (κ1) is 20.6. The molecule has 0 N–H and O–H groups in total. The number of hydrogen-bond acceptors (Lipinski definition) is 5. The second-order valence-electron chi connectivity index (χ2n) is 7.73. The topological polar surface area (TPSA) is 49.3 Å². The van der Waals surface area contributed by atoms with Gasteiger partial charge in [0, 0.05) is 49.6 Å². The highest BCUT2D eigenvalue weighted by atomic mass is 32.2. The predicted octanol–water partition coefficient (Wildman–Crippen LogP) is 3.80. The number of rotatable bonds is 6. The van der Waals surface area contributed by atoms with E-state index >= 15 is 0 Å². The van der Waals surface area contributed by atoms with Crippen LogP contribution >= 0.6 is 11.8 Å². The molecule has 1 aromatic carbocycles. The van der Waals surface area contributed by atoms with E-state index in [0.29, 0.717) is 11.7 Å². The number of thioether (sulfide) groups is 1. The highest BCUT2D eigenvalue weighted by Crippen LogP contribution is 2.19. The molecule has 1 fully saturated rings. The zero-order valence-corrected chi connectivity index (χ0v) is 18.1. The number of hydrogen-bond donors (Lipinski definition) is 0. The van der Waals surface area contributed by atoms with Crippen molar-refractivity contribution in [2.45, 2.75) is 39.4 Å². The third kappa shape index (κ3) is 5.47. The van der Waals surface area contributed by atoms with Crippen LogP contribution in [-0.4, -0.2) is 52.7 Å². The molecule has 1 aliphatic rings. The summed E-state index contributed by atoms with van der Waals surface area (Å²) in [5.41, 5.74) is 3.54. The molecule has 3 rings (SSSR count). The first-order valence-electron chi connectivity index (χ1n) is 9.94. The van der Waals surface area contributed by atoms with E-state index in [1.165, 1.54) is 11.1 Å². The fourth-order valence-corrected chi connectivity index (χ4v) is 4.10. The molecule has 5 nitrogen and oxygen atoms in total.